The first kappa shape index (κ1) is 20.6. The van der Waals surface area contributed by atoms with Crippen LogP contribution in [0.2, 0.25) is 0 Å². The summed E-state index contributed by atoms with van der Waals surface area (Å²) < 4.78 is 5.29. The summed E-state index contributed by atoms with van der Waals surface area (Å²) >= 11 is 0. The number of aliphatic hydroxyl groups is 1. The minimum Gasteiger partial charge on any atom is -0.455 e. The van der Waals surface area contributed by atoms with Crippen LogP contribution in [0.5, 0.6) is 0 Å². The minimum atomic E-state index is -0.959. The van der Waals surface area contributed by atoms with Gasteiger partial charge in [-0.1, -0.05) is 32.1 Å². The van der Waals surface area contributed by atoms with Crippen molar-refractivity contribution in [2.24, 2.45) is 11.8 Å². The highest BCUT2D eigenvalue weighted by Gasteiger charge is 2.33. The van der Waals surface area contributed by atoms with Crippen LogP contribution in [0.1, 0.15) is 66.7 Å². The Hall–Kier alpha value is -1.42. The van der Waals surface area contributed by atoms with E-state index in [9.17, 15) is 14.7 Å². The zero-order chi connectivity index (χ0) is 18.4. The topological polar surface area (TPSA) is 63.6 Å². The SMILES string of the molecule is CC(=O)CC[C@H](/C=C/[C@](C)(O)C/C=C/[C@@]1(C)CCC(=O)O1)C(C)C. The molecule has 1 saturated heterocycles. The van der Waals surface area contributed by atoms with Gasteiger partial charge in [-0.25, -0.2) is 0 Å². The lowest BCUT2D eigenvalue weighted by Gasteiger charge is -2.22. The fourth-order valence-corrected chi connectivity index (χ4v) is 2.80. The highest BCUT2D eigenvalue weighted by atomic mass is 16.6. The van der Waals surface area contributed by atoms with Gasteiger partial charge in [-0.3, -0.25) is 4.79 Å². The Kier molecular flexibility index (Phi) is 7.40. The van der Waals surface area contributed by atoms with Gasteiger partial charge in [0.1, 0.15) is 11.4 Å². The number of esters is 1. The van der Waals surface area contributed by atoms with Gasteiger partial charge in [0.15, 0.2) is 0 Å². The average molecular weight is 336 g/mol. The molecule has 1 aliphatic heterocycles. The molecule has 1 heterocycles. The Labute approximate surface area is 146 Å². The molecule has 136 valence electrons. The van der Waals surface area contributed by atoms with Crippen molar-refractivity contribution in [2.75, 3.05) is 0 Å². The molecule has 0 aromatic rings. The van der Waals surface area contributed by atoms with Crippen LogP contribution in [0.25, 0.3) is 0 Å². The van der Waals surface area contributed by atoms with Crippen molar-refractivity contribution in [1.82, 2.24) is 0 Å². The molecule has 1 N–H and O–H groups in total. The van der Waals surface area contributed by atoms with E-state index in [0.717, 1.165) is 6.42 Å². The molecule has 4 nitrogen and oxygen atoms in total. The van der Waals surface area contributed by atoms with Gasteiger partial charge in [0.25, 0.3) is 0 Å². The lowest BCUT2D eigenvalue weighted by molar-refractivity contribution is -0.144. The normalized spacial score (nSPS) is 25.4. The van der Waals surface area contributed by atoms with Crippen molar-refractivity contribution in [3.63, 3.8) is 0 Å². The zero-order valence-electron chi connectivity index (χ0n) is 15.7. The van der Waals surface area contributed by atoms with Gasteiger partial charge in [-0.05, 0) is 51.5 Å². The van der Waals surface area contributed by atoms with E-state index in [1.54, 1.807) is 13.8 Å². The van der Waals surface area contributed by atoms with Gasteiger partial charge < -0.3 is 14.6 Å². The monoisotopic (exact) mass is 336 g/mol. The first-order valence-electron chi connectivity index (χ1n) is 8.84. The van der Waals surface area contributed by atoms with Crippen molar-refractivity contribution in [1.29, 1.82) is 0 Å². The van der Waals surface area contributed by atoms with Crippen molar-refractivity contribution in [3.05, 3.63) is 24.3 Å². The molecule has 1 fully saturated rings. The number of rotatable bonds is 9. The standard InChI is InChI=1S/C20H32O4/c1-15(2)17(8-7-16(3)21)9-13-19(4,23)11-6-12-20(5)14-10-18(22)24-20/h6,9,12-13,15,17,23H,7-8,10-11,14H2,1-5H3/b12-6+,13-9+/t17-,19-,20+/m1/s1. The smallest absolute Gasteiger partial charge is 0.306 e. The molecule has 0 amide bonds. The van der Waals surface area contributed by atoms with E-state index in [-0.39, 0.29) is 17.7 Å². The summed E-state index contributed by atoms with van der Waals surface area (Å²) in [4.78, 5) is 22.4. The van der Waals surface area contributed by atoms with Gasteiger partial charge in [0.05, 0.1) is 5.60 Å². The van der Waals surface area contributed by atoms with E-state index < -0.39 is 11.2 Å². The molecule has 1 aliphatic rings. The molecule has 0 unspecified atom stereocenters. The van der Waals surface area contributed by atoms with E-state index in [4.69, 9.17) is 4.74 Å². The first-order valence-corrected chi connectivity index (χ1v) is 8.84. The van der Waals surface area contributed by atoms with Crippen LogP contribution in [0.4, 0.5) is 0 Å². The van der Waals surface area contributed by atoms with E-state index in [1.165, 1.54) is 0 Å². The summed E-state index contributed by atoms with van der Waals surface area (Å²) in [5.41, 5.74) is -1.50. The molecule has 0 aliphatic carbocycles. The third-order valence-corrected chi connectivity index (χ3v) is 4.56. The number of hydrogen-bond donors (Lipinski definition) is 1. The summed E-state index contributed by atoms with van der Waals surface area (Å²) in [6.45, 7) is 9.51. The third kappa shape index (κ3) is 7.43. The zero-order valence-corrected chi connectivity index (χ0v) is 15.7. The Morgan fingerprint density at radius 1 is 1.46 bits per heavy atom. The largest absolute Gasteiger partial charge is 0.455 e. The number of allylic oxidation sites excluding steroid dienone is 1. The molecular weight excluding hydrogens is 304 g/mol. The molecule has 0 aromatic heterocycles. The fourth-order valence-electron chi connectivity index (χ4n) is 2.80. The molecule has 1 rings (SSSR count). The fraction of sp³-hybridized carbons (Fsp3) is 0.700. The van der Waals surface area contributed by atoms with Gasteiger partial charge in [0, 0.05) is 19.3 Å². The maximum atomic E-state index is 11.2. The van der Waals surface area contributed by atoms with Crippen molar-refractivity contribution in [2.45, 2.75) is 77.9 Å². The molecule has 3 atom stereocenters. The van der Waals surface area contributed by atoms with E-state index in [2.05, 4.69) is 13.8 Å². The van der Waals surface area contributed by atoms with Crippen LogP contribution in [-0.2, 0) is 14.3 Å². The van der Waals surface area contributed by atoms with Crippen molar-refractivity contribution >= 4 is 11.8 Å². The Morgan fingerprint density at radius 3 is 2.62 bits per heavy atom. The van der Waals surface area contributed by atoms with Crippen LogP contribution in [0, 0.1) is 11.8 Å². The second kappa shape index (κ2) is 8.61. The van der Waals surface area contributed by atoms with Crippen molar-refractivity contribution in [3.8, 4) is 0 Å². The summed E-state index contributed by atoms with van der Waals surface area (Å²) in [5, 5.41) is 10.5. The van der Waals surface area contributed by atoms with Crippen LogP contribution in [0.15, 0.2) is 24.3 Å². The quantitative estimate of drug-likeness (QED) is 0.511. The molecule has 4 heteroatoms. The lowest BCUT2D eigenvalue weighted by atomic mass is 9.88. The van der Waals surface area contributed by atoms with E-state index in [1.807, 2.05) is 31.2 Å². The second-order valence-corrected chi connectivity index (χ2v) is 7.76. The molecule has 0 saturated carbocycles. The molecule has 0 bridgehead atoms. The molecule has 0 aromatic carbocycles. The first-order chi connectivity index (χ1) is 11.0. The average Bonchev–Trinajstić information content (AvgIpc) is 2.77. The number of ether oxygens (including phenoxy) is 1. The number of cyclic esters (lactones) is 1. The summed E-state index contributed by atoms with van der Waals surface area (Å²) in [6.07, 6.45) is 10.6. The number of carbonyl (C=O) groups excluding carboxylic acids is 2. The summed E-state index contributed by atoms with van der Waals surface area (Å²) in [6, 6.07) is 0. The van der Waals surface area contributed by atoms with Crippen molar-refractivity contribution < 1.29 is 19.4 Å². The third-order valence-electron chi connectivity index (χ3n) is 4.56. The highest BCUT2D eigenvalue weighted by Crippen LogP contribution is 2.28. The minimum absolute atomic E-state index is 0.168. The number of carbonyl (C=O) groups is 2. The van der Waals surface area contributed by atoms with E-state index in [0.29, 0.717) is 31.6 Å². The number of hydrogen-bond acceptors (Lipinski definition) is 4. The Morgan fingerprint density at radius 2 is 2.12 bits per heavy atom. The lowest BCUT2D eigenvalue weighted by Crippen LogP contribution is -2.23. The van der Waals surface area contributed by atoms with Crippen LogP contribution < -0.4 is 0 Å². The molecule has 24 heavy (non-hydrogen) atoms. The number of ketones is 1. The Balaban J connectivity index is 2.59. The summed E-state index contributed by atoms with van der Waals surface area (Å²) in [7, 11) is 0. The molecule has 0 radical (unpaired) electrons. The van der Waals surface area contributed by atoms with Gasteiger partial charge >= 0.3 is 5.97 Å². The predicted octanol–water partition coefficient (Wildman–Crippen LogP) is 3.98. The van der Waals surface area contributed by atoms with Crippen LogP contribution in [0.3, 0.4) is 0 Å². The Bertz CT molecular complexity index is 502. The molecule has 0 spiro atoms. The highest BCUT2D eigenvalue weighted by molar-refractivity contribution is 5.75. The van der Waals surface area contributed by atoms with Gasteiger partial charge in [-0.15, -0.1) is 0 Å². The summed E-state index contributed by atoms with van der Waals surface area (Å²) in [5.74, 6) is 0.726. The second-order valence-electron chi connectivity index (χ2n) is 7.76. The van der Waals surface area contributed by atoms with Gasteiger partial charge in [-0.2, -0.15) is 0 Å². The van der Waals surface area contributed by atoms with Gasteiger partial charge in [0.2, 0.25) is 0 Å². The predicted molar refractivity (Wildman–Crippen MR) is 95.5 cm³/mol. The molecular formula is C20H32O4. The maximum absolute atomic E-state index is 11.2. The van der Waals surface area contributed by atoms with E-state index >= 15 is 0 Å². The van der Waals surface area contributed by atoms with Crippen LogP contribution >= 0.6 is 0 Å². The number of Topliss-reactive ketones (excluding diaryl/α,β-unsaturated/α-hetero) is 1. The maximum Gasteiger partial charge on any atom is 0.306 e. The van der Waals surface area contributed by atoms with Crippen LogP contribution in [-0.4, -0.2) is 28.1 Å².